The molecule has 1 amide bonds. The highest BCUT2D eigenvalue weighted by Crippen LogP contribution is 2.46. The van der Waals surface area contributed by atoms with E-state index in [1.165, 1.54) is 0 Å². The number of carbonyl (C=O) groups is 1. The van der Waals surface area contributed by atoms with Gasteiger partial charge < -0.3 is 19.7 Å². The first kappa shape index (κ1) is 24.1. The number of hydrogen-bond acceptors (Lipinski definition) is 4. The molecule has 2 heterocycles. The molecule has 5 heteroatoms. The van der Waals surface area contributed by atoms with Crippen molar-refractivity contribution in [1.82, 2.24) is 10.2 Å². The van der Waals surface area contributed by atoms with Gasteiger partial charge >= 0.3 is 0 Å². The summed E-state index contributed by atoms with van der Waals surface area (Å²) >= 11 is 0. The summed E-state index contributed by atoms with van der Waals surface area (Å²) in [6, 6.07) is 6.28. The molecule has 3 rings (SSSR count). The Morgan fingerprint density at radius 2 is 1.78 bits per heavy atom. The predicted molar refractivity (Wildman–Crippen MR) is 131 cm³/mol. The summed E-state index contributed by atoms with van der Waals surface area (Å²) in [5.74, 6) is 1.74. The maximum Gasteiger partial charge on any atom is 0.249 e. The van der Waals surface area contributed by atoms with Gasteiger partial charge in [-0.05, 0) is 84.0 Å². The molecule has 2 aliphatic rings. The maximum absolute atomic E-state index is 13.0. The average Bonchev–Trinajstić information content (AvgIpc) is 2.76. The summed E-state index contributed by atoms with van der Waals surface area (Å²) in [4.78, 5) is 14.9. The van der Waals surface area contributed by atoms with Crippen molar-refractivity contribution in [3.8, 4) is 11.5 Å². The second-order valence-electron chi connectivity index (χ2n) is 9.41. The smallest absolute Gasteiger partial charge is 0.249 e. The molecule has 1 aromatic carbocycles. The predicted octanol–water partition coefficient (Wildman–Crippen LogP) is 5.13. The second kappa shape index (κ2) is 9.95. The zero-order valence-corrected chi connectivity index (χ0v) is 20.6. The summed E-state index contributed by atoms with van der Waals surface area (Å²) in [7, 11) is 1.69. The molecule has 0 unspecified atom stereocenters. The lowest BCUT2D eigenvalue weighted by Crippen LogP contribution is -2.46. The lowest BCUT2D eigenvalue weighted by molar-refractivity contribution is -0.130. The molecule has 1 spiro atoms. The summed E-state index contributed by atoms with van der Waals surface area (Å²) in [6.45, 7) is 14.1. The van der Waals surface area contributed by atoms with Crippen molar-refractivity contribution in [1.29, 1.82) is 0 Å². The van der Waals surface area contributed by atoms with Crippen LogP contribution in [0.2, 0.25) is 0 Å². The number of amides is 1. The van der Waals surface area contributed by atoms with E-state index in [0.717, 1.165) is 59.7 Å². The van der Waals surface area contributed by atoms with Crippen LogP contribution in [0, 0.1) is 0 Å². The number of carbonyl (C=O) groups excluding carboxylic acids is 1. The molecule has 0 aromatic heterocycles. The fourth-order valence-electron chi connectivity index (χ4n) is 4.70. The Morgan fingerprint density at radius 3 is 2.38 bits per heavy atom. The minimum atomic E-state index is -0.310. The monoisotopic (exact) mass is 438 g/mol. The van der Waals surface area contributed by atoms with Crippen LogP contribution in [0.1, 0.15) is 59.9 Å². The molecule has 0 bridgehead atoms. The van der Waals surface area contributed by atoms with E-state index in [9.17, 15) is 4.79 Å². The van der Waals surface area contributed by atoms with Crippen molar-refractivity contribution >= 4 is 11.5 Å². The van der Waals surface area contributed by atoms with Gasteiger partial charge in [-0.25, -0.2) is 0 Å². The third-order valence-electron chi connectivity index (χ3n) is 6.34. The Hall–Kier alpha value is -2.53. The molecular weight excluding hydrogens is 400 g/mol. The number of methoxy groups -OCH3 is 1. The Kier molecular flexibility index (Phi) is 7.50. The van der Waals surface area contributed by atoms with E-state index in [2.05, 4.69) is 46.0 Å². The van der Waals surface area contributed by atoms with E-state index < -0.39 is 0 Å². The van der Waals surface area contributed by atoms with Crippen molar-refractivity contribution in [3.05, 3.63) is 53.1 Å². The minimum Gasteiger partial charge on any atom is -0.496 e. The SMILES string of the molecule is COc1cccc2c1C(/C(C)=C/C=C(\C)C(=O)N(C(C)C)C(C)C)=CC1(CCNCC1)O2. The van der Waals surface area contributed by atoms with Crippen LogP contribution in [0.15, 0.2) is 47.6 Å². The average molecular weight is 439 g/mol. The Morgan fingerprint density at radius 1 is 1.12 bits per heavy atom. The largest absolute Gasteiger partial charge is 0.496 e. The zero-order chi connectivity index (χ0) is 23.5. The number of nitrogens with zero attached hydrogens (tertiary/aromatic N) is 1. The first-order chi connectivity index (χ1) is 15.2. The molecule has 2 aliphatic heterocycles. The number of hydrogen-bond donors (Lipinski definition) is 1. The highest BCUT2D eigenvalue weighted by molar-refractivity contribution is 5.94. The van der Waals surface area contributed by atoms with Gasteiger partial charge in [-0.15, -0.1) is 0 Å². The number of ether oxygens (including phenoxy) is 2. The molecule has 1 N–H and O–H groups in total. The molecular formula is C27H38N2O3. The van der Waals surface area contributed by atoms with Gasteiger partial charge in [0, 0.05) is 30.5 Å². The molecule has 0 atom stereocenters. The third-order valence-corrected chi connectivity index (χ3v) is 6.34. The number of rotatable bonds is 6. The van der Waals surface area contributed by atoms with Crippen LogP contribution in [-0.2, 0) is 4.79 Å². The first-order valence-electron chi connectivity index (χ1n) is 11.7. The highest BCUT2D eigenvalue weighted by Gasteiger charge is 2.38. The van der Waals surface area contributed by atoms with Gasteiger partial charge in [-0.1, -0.05) is 18.2 Å². The van der Waals surface area contributed by atoms with E-state index in [1.807, 2.05) is 42.2 Å². The van der Waals surface area contributed by atoms with Gasteiger partial charge in [-0.3, -0.25) is 4.79 Å². The van der Waals surface area contributed by atoms with Gasteiger partial charge in [0.2, 0.25) is 5.91 Å². The molecule has 1 aromatic rings. The fourth-order valence-corrected chi connectivity index (χ4v) is 4.70. The molecule has 0 radical (unpaired) electrons. The maximum atomic E-state index is 13.0. The molecule has 174 valence electrons. The van der Waals surface area contributed by atoms with Gasteiger partial charge in [-0.2, -0.15) is 0 Å². The standard InChI is InChI=1S/C27H38N2O3/c1-18(2)29(19(3)4)26(30)21(6)12-11-20(5)22-17-27(13-15-28-16-14-27)32-24-10-8-9-23(31-7)25(22)24/h8-12,17-19,28H,13-16H2,1-7H3/b20-11+,21-12+. The number of benzene rings is 1. The first-order valence-corrected chi connectivity index (χ1v) is 11.7. The van der Waals surface area contributed by atoms with Crippen molar-refractivity contribution in [2.24, 2.45) is 0 Å². The zero-order valence-electron chi connectivity index (χ0n) is 20.6. The lowest BCUT2D eigenvalue weighted by atomic mass is 9.83. The van der Waals surface area contributed by atoms with Crippen LogP contribution in [0.4, 0.5) is 0 Å². The molecule has 0 aliphatic carbocycles. The number of allylic oxidation sites excluding steroid dienone is 4. The van der Waals surface area contributed by atoms with Crippen LogP contribution < -0.4 is 14.8 Å². The second-order valence-corrected chi connectivity index (χ2v) is 9.41. The van der Waals surface area contributed by atoms with Gasteiger partial charge in [0.05, 0.1) is 12.7 Å². The van der Waals surface area contributed by atoms with Crippen molar-refractivity contribution in [2.75, 3.05) is 20.2 Å². The Bertz CT molecular complexity index is 926. The van der Waals surface area contributed by atoms with Gasteiger partial charge in [0.1, 0.15) is 17.1 Å². The van der Waals surface area contributed by atoms with Gasteiger partial charge in [0.15, 0.2) is 0 Å². The quantitative estimate of drug-likeness (QED) is 0.494. The summed E-state index contributed by atoms with van der Waals surface area (Å²) in [6.07, 6.45) is 8.10. The molecule has 1 fully saturated rings. The van der Waals surface area contributed by atoms with Crippen LogP contribution in [0.5, 0.6) is 11.5 Å². The van der Waals surface area contributed by atoms with E-state index in [0.29, 0.717) is 0 Å². The van der Waals surface area contributed by atoms with E-state index in [4.69, 9.17) is 9.47 Å². The number of nitrogens with one attached hydrogen (secondary N) is 1. The van der Waals surface area contributed by atoms with Crippen LogP contribution in [-0.4, -0.2) is 48.7 Å². The van der Waals surface area contributed by atoms with Crippen molar-refractivity contribution in [2.45, 2.75) is 72.1 Å². The Balaban J connectivity index is 2.00. The van der Waals surface area contributed by atoms with Crippen LogP contribution >= 0.6 is 0 Å². The number of fused-ring (bicyclic) bond motifs is 1. The normalized spacial score (nSPS) is 18.3. The summed E-state index contributed by atoms with van der Waals surface area (Å²) in [5, 5.41) is 3.43. The Labute approximate surface area is 193 Å². The minimum absolute atomic E-state index is 0.0767. The lowest BCUT2D eigenvalue weighted by Gasteiger charge is -2.40. The van der Waals surface area contributed by atoms with Crippen LogP contribution in [0.25, 0.3) is 5.57 Å². The molecule has 1 saturated heterocycles. The van der Waals surface area contributed by atoms with E-state index >= 15 is 0 Å². The van der Waals surface area contributed by atoms with Crippen LogP contribution in [0.3, 0.4) is 0 Å². The van der Waals surface area contributed by atoms with E-state index in [1.54, 1.807) is 7.11 Å². The summed E-state index contributed by atoms with van der Waals surface area (Å²) < 4.78 is 12.2. The van der Waals surface area contributed by atoms with Gasteiger partial charge in [0.25, 0.3) is 0 Å². The third kappa shape index (κ3) is 4.93. The van der Waals surface area contributed by atoms with Crippen molar-refractivity contribution < 1.29 is 14.3 Å². The molecule has 0 saturated carbocycles. The van der Waals surface area contributed by atoms with E-state index in [-0.39, 0.29) is 23.6 Å². The topological polar surface area (TPSA) is 50.8 Å². The molecule has 5 nitrogen and oxygen atoms in total. The number of piperidine rings is 1. The highest BCUT2D eigenvalue weighted by atomic mass is 16.5. The summed E-state index contributed by atoms with van der Waals surface area (Å²) in [5.41, 5.74) is 3.61. The molecule has 32 heavy (non-hydrogen) atoms. The van der Waals surface area contributed by atoms with Crippen molar-refractivity contribution in [3.63, 3.8) is 0 Å². The fraction of sp³-hybridized carbons (Fsp3) is 0.519.